The average Bonchev–Trinajstić information content (AvgIpc) is 2.10. The molecule has 0 spiro atoms. The highest BCUT2D eigenvalue weighted by Crippen LogP contribution is 2.14. The first kappa shape index (κ1) is 10.6. The van der Waals surface area contributed by atoms with E-state index in [4.69, 9.17) is 5.53 Å². The Bertz CT molecular complexity index is 265. The maximum atomic E-state index is 10.4. The van der Waals surface area contributed by atoms with Gasteiger partial charge in [0.1, 0.15) is 6.09 Å². The van der Waals surface area contributed by atoms with Crippen molar-refractivity contribution in [1.29, 1.82) is 0 Å². The summed E-state index contributed by atoms with van der Waals surface area (Å²) in [5, 5.41) is 32.2. The van der Waals surface area contributed by atoms with E-state index < -0.39 is 24.3 Å². The molecule has 0 aliphatic carbocycles. The Hall–Kier alpha value is -1.50. The molecule has 1 amide bonds. The molecule has 1 aliphatic heterocycles. The average molecular weight is 201 g/mol. The molecule has 0 saturated carbocycles. The van der Waals surface area contributed by atoms with Crippen molar-refractivity contribution in [3.63, 3.8) is 0 Å². The highest BCUT2D eigenvalue weighted by atomic mass is 16.4. The van der Waals surface area contributed by atoms with Crippen LogP contribution in [0.2, 0.25) is 0 Å². The first-order chi connectivity index (χ1) is 6.56. The van der Waals surface area contributed by atoms with Crippen molar-refractivity contribution in [2.75, 3.05) is 13.1 Å². The molecule has 1 saturated heterocycles. The van der Waals surface area contributed by atoms with E-state index in [2.05, 4.69) is 10.0 Å². The summed E-state index contributed by atoms with van der Waals surface area (Å²) in [6.07, 6.45) is -3.87. The Kier molecular flexibility index (Phi) is 3.13. The Balaban J connectivity index is 2.72. The van der Waals surface area contributed by atoms with Crippen molar-refractivity contribution >= 4 is 6.09 Å². The molecule has 8 heteroatoms. The SMILES string of the molecule is [N-]=[N+]=NC1C(O)CN(C(=O)[O-])CC1O. The van der Waals surface area contributed by atoms with Crippen LogP contribution in [0.5, 0.6) is 0 Å². The summed E-state index contributed by atoms with van der Waals surface area (Å²) in [4.78, 5) is 13.6. The largest absolute Gasteiger partial charge is 0.530 e. The number of hydrogen-bond donors (Lipinski definition) is 2. The fourth-order valence-electron chi connectivity index (χ4n) is 1.36. The molecule has 0 aromatic rings. The second-order valence-corrected chi connectivity index (χ2v) is 3.00. The van der Waals surface area contributed by atoms with Gasteiger partial charge in [-0.1, -0.05) is 5.11 Å². The van der Waals surface area contributed by atoms with E-state index in [0.717, 1.165) is 4.90 Å². The van der Waals surface area contributed by atoms with Gasteiger partial charge in [0.2, 0.25) is 0 Å². The second kappa shape index (κ2) is 4.14. The lowest BCUT2D eigenvalue weighted by Gasteiger charge is -2.38. The number of azide groups is 1. The maximum Gasteiger partial charge on any atom is 0.137 e. The summed E-state index contributed by atoms with van der Waals surface area (Å²) in [5.41, 5.74) is 8.12. The van der Waals surface area contributed by atoms with E-state index in [1.54, 1.807) is 0 Å². The van der Waals surface area contributed by atoms with Gasteiger partial charge in [0.05, 0.1) is 18.2 Å². The topological polar surface area (TPSA) is 133 Å². The number of likely N-dealkylation sites (tertiary alicyclic amines) is 1. The molecular weight excluding hydrogens is 192 g/mol. The highest BCUT2D eigenvalue weighted by molar-refractivity contribution is 5.62. The Morgan fingerprint density at radius 1 is 1.50 bits per heavy atom. The fraction of sp³-hybridized carbons (Fsp3) is 0.833. The number of aliphatic hydroxyl groups excluding tert-OH is 2. The van der Waals surface area contributed by atoms with Gasteiger partial charge in [-0.3, -0.25) is 0 Å². The minimum Gasteiger partial charge on any atom is -0.530 e. The van der Waals surface area contributed by atoms with Crippen LogP contribution in [0.15, 0.2) is 5.11 Å². The Morgan fingerprint density at radius 3 is 2.36 bits per heavy atom. The maximum absolute atomic E-state index is 10.4. The van der Waals surface area contributed by atoms with Gasteiger partial charge in [-0.05, 0) is 5.53 Å². The lowest BCUT2D eigenvalue weighted by atomic mass is 10.0. The smallest absolute Gasteiger partial charge is 0.137 e. The van der Waals surface area contributed by atoms with Gasteiger partial charge in [-0.15, -0.1) is 0 Å². The lowest BCUT2D eigenvalue weighted by molar-refractivity contribution is -0.269. The third kappa shape index (κ3) is 2.05. The van der Waals surface area contributed by atoms with Crippen molar-refractivity contribution in [3.8, 4) is 0 Å². The van der Waals surface area contributed by atoms with Crippen molar-refractivity contribution < 1.29 is 20.1 Å². The molecule has 2 N–H and O–H groups in total. The molecule has 1 heterocycles. The summed E-state index contributed by atoms with van der Waals surface area (Å²) in [5.74, 6) is 0. The number of carboxylic acid groups (broad SMARTS) is 1. The van der Waals surface area contributed by atoms with Gasteiger partial charge in [0.25, 0.3) is 0 Å². The zero-order valence-corrected chi connectivity index (χ0v) is 7.15. The highest BCUT2D eigenvalue weighted by Gasteiger charge is 2.34. The molecule has 2 unspecified atom stereocenters. The summed E-state index contributed by atoms with van der Waals surface area (Å²) >= 11 is 0. The molecule has 0 aromatic carbocycles. The minimum atomic E-state index is -1.47. The van der Waals surface area contributed by atoms with Crippen LogP contribution in [0, 0.1) is 0 Å². The molecule has 1 fully saturated rings. The predicted octanol–water partition coefficient (Wildman–Crippen LogP) is -1.95. The number of β-amino-alcohol motifs (C(OH)–C–C–N with tert-alkyl or cyclic N) is 2. The number of piperidine rings is 1. The van der Waals surface area contributed by atoms with E-state index in [0.29, 0.717) is 0 Å². The molecular formula is C6H9N4O4-. The van der Waals surface area contributed by atoms with Crippen molar-refractivity contribution in [3.05, 3.63) is 10.4 Å². The van der Waals surface area contributed by atoms with Gasteiger partial charge < -0.3 is 25.0 Å². The zero-order chi connectivity index (χ0) is 10.7. The third-order valence-corrected chi connectivity index (χ3v) is 2.05. The van der Waals surface area contributed by atoms with E-state index in [9.17, 15) is 20.1 Å². The van der Waals surface area contributed by atoms with Gasteiger partial charge in [0.15, 0.2) is 0 Å². The number of amides is 1. The standard InChI is InChI=1S/C6H10N4O4/c7-9-8-5-3(11)1-10(6(13)14)2-4(5)12/h3-5,11-12H,1-2H2,(H,13,14)/p-1. The van der Waals surface area contributed by atoms with E-state index in [1.165, 1.54) is 0 Å². The van der Waals surface area contributed by atoms with Gasteiger partial charge in [0, 0.05) is 18.0 Å². The van der Waals surface area contributed by atoms with Gasteiger partial charge in [-0.25, -0.2) is 0 Å². The fourth-order valence-corrected chi connectivity index (χ4v) is 1.36. The van der Waals surface area contributed by atoms with Crippen LogP contribution in [0.1, 0.15) is 0 Å². The molecule has 1 aliphatic rings. The predicted molar refractivity (Wildman–Crippen MR) is 41.9 cm³/mol. The van der Waals surface area contributed by atoms with Crippen molar-refractivity contribution in [2.24, 2.45) is 5.11 Å². The number of hydrogen-bond acceptors (Lipinski definition) is 5. The van der Waals surface area contributed by atoms with Crippen LogP contribution in [0.25, 0.3) is 10.4 Å². The summed E-state index contributed by atoms with van der Waals surface area (Å²) < 4.78 is 0. The van der Waals surface area contributed by atoms with Crippen LogP contribution < -0.4 is 5.11 Å². The number of nitrogens with zero attached hydrogens (tertiary/aromatic N) is 4. The number of carbonyl (C=O) groups excluding carboxylic acids is 1. The zero-order valence-electron chi connectivity index (χ0n) is 7.15. The Labute approximate surface area is 79.0 Å². The van der Waals surface area contributed by atoms with Crippen LogP contribution in [-0.2, 0) is 0 Å². The monoisotopic (exact) mass is 201 g/mol. The van der Waals surface area contributed by atoms with Crippen molar-refractivity contribution in [2.45, 2.75) is 18.2 Å². The molecule has 1 rings (SSSR count). The minimum absolute atomic E-state index is 0.219. The third-order valence-electron chi connectivity index (χ3n) is 2.05. The van der Waals surface area contributed by atoms with Crippen LogP contribution >= 0.6 is 0 Å². The quantitative estimate of drug-likeness (QED) is 0.289. The van der Waals surface area contributed by atoms with Crippen LogP contribution in [0.3, 0.4) is 0 Å². The summed E-state index contributed by atoms with van der Waals surface area (Å²) in [7, 11) is 0. The summed E-state index contributed by atoms with van der Waals surface area (Å²) in [6, 6.07) is -1.00. The molecule has 0 aromatic heterocycles. The normalized spacial score (nSPS) is 32.1. The molecule has 0 radical (unpaired) electrons. The first-order valence-corrected chi connectivity index (χ1v) is 3.92. The Morgan fingerprint density at radius 2 is 2.00 bits per heavy atom. The van der Waals surface area contributed by atoms with Crippen LogP contribution in [0.4, 0.5) is 4.79 Å². The molecule has 14 heavy (non-hydrogen) atoms. The van der Waals surface area contributed by atoms with E-state index in [-0.39, 0.29) is 13.1 Å². The number of aliphatic hydroxyl groups is 2. The molecule has 78 valence electrons. The van der Waals surface area contributed by atoms with Crippen molar-refractivity contribution in [1.82, 2.24) is 4.90 Å². The molecule has 8 nitrogen and oxygen atoms in total. The number of rotatable bonds is 1. The first-order valence-electron chi connectivity index (χ1n) is 3.92. The van der Waals surface area contributed by atoms with Gasteiger partial charge >= 0.3 is 0 Å². The number of carbonyl (C=O) groups is 1. The lowest BCUT2D eigenvalue weighted by Crippen LogP contribution is -2.58. The van der Waals surface area contributed by atoms with Crippen LogP contribution in [-0.4, -0.2) is 52.5 Å². The van der Waals surface area contributed by atoms with E-state index in [1.807, 2.05) is 0 Å². The molecule has 2 atom stereocenters. The molecule has 0 bridgehead atoms. The summed E-state index contributed by atoms with van der Waals surface area (Å²) in [6.45, 7) is -0.438. The second-order valence-electron chi connectivity index (χ2n) is 3.00. The van der Waals surface area contributed by atoms with E-state index >= 15 is 0 Å². The van der Waals surface area contributed by atoms with Gasteiger partial charge in [-0.2, -0.15) is 0 Å².